The molecule has 1 aromatic carbocycles. The molecule has 1 aromatic rings. The van der Waals surface area contributed by atoms with Gasteiger partial charge in [0, 0.05) is 25.7 Å². The second kappa shape index (κ2) is 7.09. The lowest BCUT2D eigenvalue weighted by molar-refractivity contribution is 0.273. The van der Waals surface area contributed by atoms with E-state index in [4.69, 9.17) is 0 Å². The van der Waals surface area contributed by atoms with Gasteiger partial charge in [-0.05, 0) is 54.5 Å². The van der Waals surface area contributed by atoms with Gasteiger partial charge in [-0.15, -0.1) is 0 Å². The average molecular weight is 303 g/mol. The van der Waals surface area contributed by atoms with Gasteiger partial charge in [0.1, 0.15) is 5.82 Å². The molecule has 1 N–H and O–H groups in total. The summed E-state index contributed by atoms with van der Waals surface area (Å²) in [6.07, 6.45) is 0. The van der Waals surface area contributed by atoms with Crippen molar-refractivity contribution in [2.24, 2.45) is 0 Å². The number of likely N-dealkylation sites (N-methyl/N-ethyl adjacent to an activating group) is 1. The molecular formula is C13H20BrFN2. The summed E-state index contributed by atoms with van der Waals surface area (Å²) in [5.41, 5.74) is 1.09. The van der Waals surface area contributed by atoms with Gasteiger partial charge in [-0.25, -0.2) is 4.39 Å². The van der Waals surface area contributed by atoms with E-state index in [-0.39, 0.29) is 5.82 Å². The van der Waals surface area contributed by atoms with Crippen LogP contribution in [0.1, 0.15) is 19.4 Å². The minimum absolute atomic E-state index is 0.215. The number of halogens is 2. The molecule has 0 heterocycles. The fourth-order valence-electron chi connectivity index (χ4n) is 1.40. The summed E-state index contributed by atoms with van der Waals surface area (Å²) in [7, 11) is 2.11. The van der Waals surface area contributed by atoms with Gasteiger partial charge in [-0.1, -0.05) is 6.07 Å². The van der Waals surface area contributed by atoms with Crippen LogP contribution in [0, 0.1) is 5.82 Å². The Hall–Kier alpha value is -0.450. The Kier molecular flexibility index (Phi) is 6.09. The van der Waals surface area contributed by atoms with Crippen LogP contribution in [-0.4, -0.2) is 31.1 Å². The zero-order valence-corrected chi connectivity index (χ0v) is 12.2. The van der Waals surface area contributed by atoms with Crippen molar-refractivity contribution >= 4 is 15.9 Å². The number of benzene rings is 1. The second-order valence-corrected chi connectivity index (χ2v) is 5.35. The van der Waals surface area contributed by atoms with Gasteiger partial charge in [0.25, 0.3) is 0 Å². The predicted octanol–water partition coefficient (Wildman–Crippen LogP) is 3.02. The maximum atomic E-state index is 13.0. The highest BCUT2D eigenvalue weighted by Crippen LogP contribution is 2.16. The lowest BCUT2D eigenvalue weighted by atomic mass is 10.2. The molecule has 0 aliphatic carbocycles. The summed E-state index contributed by atoms with van der Waals surface area (Å²) in [6, 6.07) is 5.67. The monoisotopic (exact) mass is 302 g/mol. The molecule has 1 rings (SSSR count). The van der Waals surface area contributed by atoms with Crippen molar-refractivity contribution in [3.05, 3.63) is 34.1 Å². The van der Waals surface area contributed by atoms with Crippen LogP contribution in [0.2, 0.25) is 0 Å². The molecule has 4 heteroatoms. The van der Waals surface area contributed by atoms with Crippen molar-refractivity contribution < 1.29 is 4.39 Å². The Morgan fingerprint density at radius 2 is 2.12 bits per heavy atom. The molecule has 2 nitrogen and oxygen atoms in total. The van der Waals surface area contributed by atoms with E-state index in [0.29, 0.717) is 10.5 Å². The Morgan fingerprint density at radius 3 is 2.71 bits per heavy atom. The zero-order valence-electron chi connectivity index (χ0n) is 10.6. The van der Waals surface area contributed by atoms with Gasteiger partial charge in [0.15, 0.2) is 0 Å². The van der Waals surface area contributed by atoms with Gasteiger partial charge in [-0.3, -0.25) is 0 Å². The first-order chi connectivity index (χ1) is 8.00. The van der Waals surface area contributed by atoms with Gasteiger partial charge in [0.05, 0.1) is 4.47 Å². The highest BCUT2D eigenvalue weighted by molar-refractivity contribution is 9.10. The SMILES string of the molecule is CC(C)N(C)CCNCc1ccc(F)c(Br)c1. The van der Waals surface area contributed by atoms with E-state index in [0.717, 1.165) is 25.2 Å². The molecule has 0 saturated carbocycles. The van der Waals surface area contributed by atoms with Gasteiger partial charge in [-0.2, -0.15) is 0 Å². The van der Waals surface area contributed by atoms with Crippen LogP contribution < -0.4 is 5.32 Å². The first-order valence-corrected chi connectivity index (χ1v) is 6.65. The van der Waals surface area contributed by atoms with Crippen molar-refractivity contribution in [2.75, 3.05) is 20.1 Å². The molecule has 0 spiro atoms. The molecule has 0 fully saturated rings. The third-order valence-electron chi connectivity index (χ3n) is 2.84. The number of hydrogen-bond acceptors (Lipinski definition) is 2. The van der Waals surface area contributed by atoms with Crippen molar-refractivity contribution in [3.63, 3.8) is 0 Å². The topological polar surface area (TPSA) is 15.3 Å². The van der Waals surface area contributed by atoms with E-state index in [1.54, 1.807) is 6.07 Å². The zero-order chi connectivity index (χ0) is 12.8. The van der Waals surface area contributed by atoms with Gasteiger partial charge < -0.3 is 10.2 Å². The minimum Gasteiger partial charge on any atom is -0.311 e. The number of nitrogens with one attached hydrogen (secondary N) is 1. The Labute approximate surface area is 111 Å². The molecule has 0 radical (unpaired) electrons. The Morgan fingerprint density at radius 1 is 1.41 bits per heavy atom. The molecule has 0 amide bonds. The largest absolute Gasteiger partial charge is 0.311 e. The first-order valence-electron chi connectivity index (χ1n) is 5.85. The summed E-state index contributed by atoms with van der Waals surface area (Å²) in [6.45, 7) is 7.07. The molecule has 0 atom stereocenters. The van der Waals surface area contributed by atoms with E-state index >= 15 is 0 Å². The van der Waals surface area contributed by atoms with Crippen molar-refractivity contribution in [3.8, 4) is 0 Å². The van der Waals surface area contributed by atoms with Gasteiger partial charge in [0.2, 0.25) is 0 Å². The fraction of sp³-hybridized carbons (Fsp3) is 0.538. The lowest BCUT2D eigenvalue weighted by Crippen LogP contribution is -2.33. The molecule has 0 unspecified atom stereocenters. The minimum atomic E-state index is -0.215. The van der Waals surface area contributed by atoms with Crippen LogP contribution in [-0.2, 0) is 6.54 Å². The summed E-state index contributed by atoms with van der Waals surface area (Å²) in [5, 5.41) is 3.35. The molecule has 0 aliphatic heterocycles. The summed E-state index contributed by atoms with van der Waals surface area (Å²) in [4.78, 5) is 2.29. The van der Waals surface area contributed by atoms with E-state index in [2.05, 4.69) is 47.0 Å². The number of nitrogens with zero attached hydrogens (tertiary/aromatic N) is 1. The highest BCUT2D eigenvalue weighted by Gasteiger charge is 2.03. The Bertz CT molecular complexity index is 355. The first kappa shape index (κ1) is 14.6. The number of rotatable bonds is 6. The Balaban J connectivity index is 2.29. The molecule has 17 heavy (non-hydrogen) atoms. The summed E-state index contributed by atoms with van der Waals surface area (Å²) >= 11 is 3.19. The summed E-state index contributed by atoms with van der Waals surface area (Å²) < 4.78 is 13.5. The third-order valence-corrected chi connectivity index (χ3v) is 3.44. The van der Waals surface area contributed by atoms with E-state index in [1.807, 2.05) is 6.07 Å². The van der Waals surface area contributed by atoms with Crippen LogP contribution in [0.15, 0.2) is 22.7 Å². The fourth-order valence-corrected chi connectivity index (χ4v) is 1.82. The van der Waals surface area contributed by atoms with Crippen molar-refractivity contribution in [1.29, 1.82) is 0 Å². The predicted molar refractivity (Wildman–Crippen MR) is 73.6 cm³/mol. The van der Waals surface area contributed by atoms with Crippen LogP contribution in [0.4, 0.5) is 4.39 Å². The van der Waals surface area contributed by atoms with E-state index in [1.165, 1.54) is 6.07 Å². The molecular weight excluding hydrogens is 283 g/mol. The number of hydrogen-bond donors (Lipinski definition) is 1. The molecule has 0 saturated heterocycles. The quantitative estimate of drug-likeness (QED) is 0.813. The standard InChI is InChI=1S/C13H20BrFN2/c1-10(2)17(3)7-6-16-9-11-4-5-13(15)12(14)8-11/h4-5,8,10,16H,6-7,9H2,1-3H3. The van der Waals surface area contributed by atoms with Crippen LogP contribution in [0.25, 0.3) is 0 Å². The van der Waals surface area contributed by atoms with E-state index in [9.17, 15) is 4.39 Å². The van der Waals surface area contributed by atoms with Gasteiger partial charge >= 0.3 is 0 Å². The second-order valence-electron chi connectivity index (χ2n) is 4.50. The maximum Gasteiger partial charge on any atom is 0.137 e. The van der Waals surface area contributed by atoms with E-state index < -0.39 is 0 Å². The highest BCUT2D eigenvalue weighted by atomic mass is 79.9. The van der Waals surface area contributed by atoms with Crippen molar-refractivity contribution in [1.82, 2.24) is 10.2 Å². The molecule has 96 valence electrons. The van der Waals surface area contributed by atoms with Crippen molar-refractivity contribution in [2.45, 2.75) is 26.4 Å². The smallest absolute Gasteiger partial charge is 0.137 e. The summed E-state index contributed by atoms with van der Waals surface area (Å²) in [5.74, 6) is -0.215. The molecule has 0 bridgehead atoms. The maximum absolute atomic E-state index is 13.0. The molecule has 0 aromatic heterocycles. The van der Waals surface area contributed by atoms with Crippen LogP contribution >= 0.6 is 15.9 Å². The third kappa shape index (κ3) is 5.15. The molecule has 0 aliphatic rings. The van der Waals surface area contributed by atoms with Crippen LogP contribution in [0.5, 0.6) is 0 Å². The normalized spacial score (nSPS) is 11.5. The lowest BCUT2D eigenvalue weighted by Gasteiger charge is -2.20. The average Bonchev–Trinajstić information content (AvgIpc) is 2.28. The van der Waals surface area contributed by atoms with Crippen LogP contribution in [0.3, 0.4) is 0 Å².